The van der Waals surface area contributed by atoms with Gasteiger partial charge in [-0.25, -0.2) is 4.79 Å². The van der Waals surface area contributed by atoms with Crippen molar-refractivity contribution in [2.75, 3.05) is 6.61 Å². The van der Waals surface area contributed by atoms with Crippen LogP contribution in [-0.4, -0.2) is 39.2 Å². The van der Waals surface area contributed by atoms with Crippen molar-refractivity contribution in [3.63, 3.8) is 0 Å². The van der Waals surface area contributed by atoms with Gasteiger partial charge in [0, 0.05) is 12.0 Å². The molecular weight excluding hydrogens is 384 g/mol. The van der Waals surface area contributed by atoms with Gasteiger partial charge in [0.05, 0.1) is 25.6 Å². The molecule has 2 aliphatic rings. The third kappa shape index (κ3) is 5.38. The summed E-state index contributed by atoms with van der Waals surface area (Å²) in [5.74, 6) is -0.271. The van der Waals surface area contributed by atoms with Crippen LogP contribution in [0.4, 0.5) is 0 Å². The van der Waals surface area contributed by atoms with Gasteiger partial charge in [-0.2, -0.15) is 0 Å². The Kier molecular flexibility index (Phi) is 6.66. The molecule has 1 aromatic rings. The lowest BCUT2D eigenvalue weighted by atomic mass is 10.0. The van der Waals surface area contributed by atoms with Crippen LogP contribution >= 0.6 is 0 Å². The van der Waals surface area contributed by atoms with Gasteiger partial charge >= 0.3 is 5.97 Å². The standard InChI is InChI=1S/C23H32O5Si/c1-23(2,3)29(4,5)28-19-12-14-25-20(15-18-11-13-26-22(18)24)21(19)27-16-17-9-7-6-8-10-17/h6-10,12,14-15,19-21H,11,13,16H2,1-5H3/b18-15+/t19-,20-,21+/m1/s1. The first-order valence-electron chi connectivity index (χ1n) is 10.2. The summed E-state index contributed by atoms with van der Waals surface area (Å²) in [7, 11) is -2.03. The average Bonchev–Trinajstić information content (AvgIpc) is 3.05. The lowest BCUT2D eigenvalue weighted by Gasteiger charge is -2.42. The molecule has 5 nitrogen and oxygen atoms in total. The summed E-state index contributed by atoms with van der Waals surface area (Å²) < 4.78 is 23.9. The Morgan fingerprint density at radius 3 is 2.55 bits per heavy atom. The van der Waals surface area contributed by atoms with E-state index in [1.54, 1.807) is 6.26 Å². The normalized spacial score (nSPS) is 26.4. The fourth-order valence-corrected chi connectivity index (χ4v) is 4.35. The molecule has 29 heavy (non-hydrogen) atoms. The molecule has 2 aliphatic heterocycles. The van der Waals surface area contributed by atoms with Gasteiger partial charge in [-0.1, -0.05) is 51.1 Å². The zero-order valence-corrected chi connectivity index (χ0v) is 19.0. The van der Waals surface area contributed by atoms with Crippen molar-refractivity contribution in [3.05, 3.63) is 59.9 Å². The number of benzene rings is 1. The van der Waals surface area contributed by atoms with Crippen LogP contribution in [0.5, 0.6) is 0 Å². The van der Waals surface area contributed by atoms with E-state index in [4.69, 9.17) is 18.6 Å². The van der Waals surface area contributed by atoms with Crippen molar-refractivity contribution in [2.24, 2.45) is 0 Å². The van der Waals surface area contributed by atoms with Crippen LogP contribution in [0.3, 0.4) is 0 Å². The fourth-order valence-electron chi connectivity index (χ4n) is 3.10. The van der Waals surface area contributed by atoms with E-state index in [0.29, 0.717) is 25.2 Å². The number of rotatable bonds is 6. The van der Waals surface area contributed by atoms with E-state index in [0.717, 1.165) is 5.56 Å². The van der Waals surface area contributed by atoms with Gasteiger partial charge in [0.2, 0.25) is 0 Å². The molecule has 1 aromatic carbocycles. The monoisotopic (exact) mass is 416 g/mol. The molecule has 0 spiro atoms. The van der Waals surface area contributed by atoms with Crippen LogP contribution in [0.25, 0.3) is 0 Å². The van der Waals surface area contributed by atoms with Gasteiger partial charge < -0.3 is 18.6 Å². The number of carbonyl (C=O) groups is 1. The molecule has 0 saturated carbocycles. The number of hydrogen-bond acceptors (Lipinski definition) is 5. The zero-order chi connectivity index (χ0) is 21.1. The molecule has 0 aliphatic carbocycles. The van der Waals surface area contributed by atoms with E-state index in [9.17, 15) is 4.79 Å². The first kappa shape index (κ1) is 21.8. The lowest BCUT2D eigenvalue weighted by Crippen LogP contribution is -2.51. The second kappa shape index (κ2) is 8.86. The van der Waals surface area contributed by atoms with Gasteiger partial charge in [-0.15, -0.1) is 0 Å². The third-order valence-electron chi connectivity index (χ3n) is 5.91. The van der Waals surface area contributed by atoms with Crippen LogP contribution in [-0.2, 0) is 30.0 Å². The van der Waals surface area contributed by atoms with Crippen LogP contribution in [0, 0.1) is 0 Å². The van der Waals surface area contributed by atoms with Gasteiger partial charge in [0.15, 0.2) is 8.32 Å². The Hall–Kier alpha value is -1.89. The Bertz CT molecular complexity index is 763. The summed E-state index contributed by atoms with van der Waals surface area (Å²) in [6.45, 7) is 12.0. The van der Waals surface area contributed by atoms with Crippen molar-refractivity contribution in [2.45, 2.75) is 70.2 Å². The first-order valence-corrected chi connectivity index (χ1v) is 13.1. The maximum atomic E-state index is 11.9. The summed E-state index contributed by atoms with van der Waals surface area (Å²) >= 11 is 0. The summed E-state index contributed by atoms with van der Waals surface area (Å²) in [6, 6.07) is 10.0. The Labute approximate surface area is 174 Å². The molecule has 0 radical (unpaired) electrons. The van der Waals surface area contributed by atoms with Crippen LogP contribution in [0.15, 0.2) is 54.3 Å². The smallest absolute Gasteiger partial charge is 0.333 e. The topological polar surface area (TPSA) is 54.0 Å². The number of cyclic esters (lactones) is 1. The maximum absolute atomic E-state index is 11.9. The highest BCUT2D eigenvalue weighted by Crippen LogP contribution is 2.39. The number of hydrogen-bond donors (Lipinski definition) is 0. The van der Waals surface area contributed by atoms with Gasteiger partial charge in [0.25, 0.3) is 0 Å². The van der Waals surface area contributed by atoms with E-state index in [-0.39, 0.29) is 23.2 Å². The van der Waals surface area contributed by atoms with Crippen LogP contribution < -0.4 is 0 Å². The van der Waals surface area contributed by atoms with Crippen molar-refractivity contribution in [3.8, 4) is 0 Å². The fraction of sp³-hybridized carbons (Fsp3) is 0.522. The highest BCUT2D eigenvalue weighted by atomic mass is 28.4. The van der Waals surface area contributed by atoms with Gasteiger partial charge in [0.1, 0.15) is 12.2 Å². The molecular formula is C23H32O5Si. The summed E-state index contributed by atoms with van der Waals surface area (Å²) in [6.07, 6.45) is 5.04. The van der Waals surface area contributed by atoms with Crippen molar-refractivity contribution >= 4 is 14.3 Å². The van der Waals surface area contributed by atoms with Gasteiger partial charge in [-0.05, 0) is 35.8 Å². The first-order chi connectivity index (χ1) is 13.7. The lowest BCUT2D eigenvalue weighted by molar-refractivity contribution is -0.135. The zero-order valence-electron chi connectivity index (χ0n) is 18.0. The van der Waals surface area contributed by atoms with E-state index in [1.165, 1.54) is 0 Å². The van der Waals surface area contributed by atoms with Crippen LogP contribution in [0.2, 0.25) is 18.1 Å². The van der Waals surface area contributed by atoms with Gasteiger partial charge in [-0.3, -0.25) is 0 Å². The molecule has 3 atom stereocenters. The summed E-state index contributed by atoms with van der Waals surface area (Å²) in [5, 5.41) is 0.0757. The van der Waals surface area contributed by atoms with E-state index in [2.05, 4.69) is 33.9 Å². The molecule has 0 bridgehead atoms. The average molecular weight is 417 g/mol. The number of carbonyl (C=O) groups excluding carboxylic acids is 1. The van der Waals surface area contributed by atoms with Crippen molar-refractivity contribution in [1.29, 1.82) is 0 Å². The van der Waals surface area contributed by atoms with Crippen LogP contribution in [0.1, 0.15) is 32.8 Å². The predicted molar refractivity (Wildman–Crippen MR) is 115 cm³/mol. The van der Waals surface area contributed by atoms with Crippen molar-refractivity contribution < 1.29 is 23.4 Å². The molecule has 0 unspecified atom stereocenters. The SMILES string of the molecule is CC(C)(C)[Si](C)(C)O[C@@H]1C=CO[C@H](/C=C2\CCOC2=O)[C@H]1OCc1ccccc1. The largest absolute Gasteiger partial charge is 0.491 e. The number of esters is 1. The Morgan fingerprint density at radius 1 is 1.21 bits per heavy atom. The molecule has 0 N–H and O–H groups in total. The minimum Gasteiger partial charge on any atom is -0.491 e. The molecule has 0 aromatic heterocycles. The minimum absolute atomic E-state index is 0.0757. The second-order valence-corrected chi connectivity index (χ2v) is 13.9. The molecule has 3 rings (SSSR count). The van der Waals surface area contributed by atoms with E-state index < -0.39 is 14.4 Å². The Balaban J connectivity index is 1.83. The maximum Gasteiger partial charge on any atom is 0.333 e. The van der Waals surface area contributed by atoms with E-state index in [1.807, 2.05) is 42.5 Å². The summed E-state index contributed by atoms with van der Waals surface area (Å²) in [5.41, 5.74) is 1.73. The predicted octanol–water partition coefficient (Wildman–Crippen LogP) is 4.75. The molecule has 158 valence electrons. The quantitative estimate of drug-likeness (QED) is 0.381. The Morgan fingerprint density at radius 2 is 1.93 bits per heavy atom. The highest BCUT2D eigenvalue weighted by molar-refractivity contribution is 6.74. The molecule has 6 heteroatoms. The summed E-state index contributed by atoms with van der Waals surface area (Å²) in [4.78, 5) is 11.9. The third-order valence-corrected chi connectivity index (χ3v) is 10.4. The molecule has 1 fully saturated rings. The molecule has 1 saturated heterocycles. The number of ether oxygens (including phenoxy) is 3. The van der Waals surface area contributed by atoms with E-state index >= 15 is 0 Å². The molecule has 0 amide bonds. The highest BCUT2D eigenvalue weighted by Gasteiger charge is 2.43. The van der Waals surface area contributed by atoms with Crippen molar-refractivity contribution in [1.82, 2.24) is 0 Å². The minimum atomic E-state index is -2.03. The molecule has 2 heterocycles. The second-order valence-electron chi connectivity index (χ2n) is 9.11.